The molecule has 0 fully saturated rings. The number of anilines is 2. The van der Waals surface area contributed by atoms with Crippen LogP contribution in [0.4, 0.5) is 11.4 Å². The molecule has 18 heavy (non-hydrogen) atoms. The summed E-state index contributed by atoms with van der Waals surface area (Å²) in [6.07, 6.45) is 2.22. The van der Waals surface area contributed by atoms with Crippen molar-refractivity contribution in [1.29, 1.82) is 0 Å². The number of rotatable bonds is 6. The zero-order valence-electron chi connectivity index (χ0n) is 11.4. The maximum absolute atomic E-state index is 11.8. The Morgan fingerprint density at radius 2 is 2.06 bits per heavy atom. The molecule has 1 atom stereocenters. The Morgan fingerprint density at radius 1 is 1.39 bits per heavy atom. The molecule has 0 heterocycles. The zero-order chi connectivity index (χ0) is 13.5. The second kappa shape index (κ2) is 7.01. The van der Waals surface area contributed by atoms with Crippen molar-refractivity contribution in [2.75, 3.05) is 24.3 Å². The van der Waals surface area contributed by atoms with Gasteiger partial charge in [-0.15, -0.1) is 0 Å². The van der Waals surface area contributed by atoms with Crippen LogP contribution >= 0.6 is 0 Å². The SMILES string of the molecule is CC(N)CCCC(=O)Nc1ccccc1N(C)C. The largest absolute Gasteiger partial charge is 0.376 e. The normalized spacial score (nSPS) is 12.0. The van der Waals surface area contributed by atoms with Crippen LogP contribution in [0.5, 0.6) is 0 Å². The number of nitrogens with one attached hydrogen (secondary N) is 1. The van der Waals surface area contributed by atoms with Crippen molar-refractivity contribution in [3.05, 3.63) is 24.3 Å². The highest BCUT2D eigenvalue weighted by atomic mass is 16.1. The Hall–Kier alpha value is -1.55. The van der Waals surface area contributed by atoms with Gasteiger partial charge < -0.3 is 16.0 Å². The molecule has 4 nitrogen and oxygen atoms in total. The average Bonchev–Trinajstić information content (AvgIpc) is 2.28. The smallest absolute Gasteiger partial charge is 0.224 e. The number of para-hydroxylation sites is 2. The van der Waals surface area contributed by atoms with Gasteiger partial charge in [0, 0.05) is 26.6 Å². The fourth-order valence-corrected chi connectivity index (χ4v) is 1.77. The van der Waals surface area contributed by atoms with Crippen molar-refractivity contribution in [2.24, 2.45) is 5.73 Å². The number of hydrogen-bond donors (Lipinski definition) is 2. The molecule has 0 aromatic heterocycles. The summed E-state index contributed by atoms with van der Waals surface area (Å²) in [5.41, 5.74) is 7.52. The third-order valence-corrected chi connectivity index (χ3v) is 2.72. The predicted octanol–water partition coefficient (Wildman–Crippen LogP) is 2.21. The third-order valence-electron chi connectivity index (χ3n) is 2.72. The summed E-state index contributed by atoms with van der Waals surface area (Å²) in [4.78, 5) is 13.8. The van der Waals surface area contributed by atoms with Crippen LogP contribution in [0.15, 0.2) is 24.3 Å². The summed E-state index contributed by atoms with van der Waals surface area (Å²) in [5, 5.41) is 2.94. The van der Waals surface area contributed by atoms with Crippen LogP contribution in [-0.2, 0) is 4.79 Å². The molecule has 1 rings (SSSR count). The molecular weight excluding hydrogens is 226 g/mol. The predicted molar refractivity (Wildman–Crippen MR) is 76.9 cm³/mol. The second-order valence-electron chi connectivity index (χ2n) is 4.83. The van der Waals surface area contributed by atoms with Crippen molar-refractivity contribution >= 4 is 17.3 Å². The first-order chi connectivity index (χ1) is 8.50. The molecule has 100 valence electrons. The number of nitrogens with zero attached hydrogens (tertiary/aromatic N) is 1. The van der Waals surface area contributed by atoms with E-state index in [1.54, 1.807) is 0 Å². The zero-order valence-corrected chi connectivity index (χ0v) is 11.4. The highest BCUT2D eigenvalue weighted by Gasteiger charge is 2.07. The lowest BCUT2D eigenvalue weighted by atomic mass is 10.1. The van der Waals surface area contributed by atoms with Crippen LogP contribution in [0.1, 0.15) is 26.2 Å². The van der Waals surface area contributed by atoms with Gasteiger partial charge in [-0.25, -0.2) is 0 Å². The number of carbonyl (C=O) groups is 1. The van der Waals surface area contributed by atoms with Gasteiger partial charge >= 0.3 is 0 Å². The Bertz CT molecular complexity index is 388. The van der Waals surface area contributed by atoms with E-state index in [2.05, 4.69) is 5.32 Å². The van der Waals surface area contributed by atoms with Gasteiger partial charge in [-0.05, 0) is 31.9 Å². The van der Waals surface area contributed by atoms with Gasteiger partial charge in [0.15, 0.2) is 0 Å². The molecule has 1 aromatic rings. The molecule has 0 aliphatic heterocycles. The first kappa shape index (κ1) is 14.5. The molecule has 0 radical (unpaired) electrons. The first-order valence-electron chi connectivity index (χ1n) is 6.32. The lowest BCUT2D eigenvalue weighted by Crippen LogP contribution is -2.18. The van der Waals surface area contributed by atoms with Gasteiger partial charge in [0.1, 0.15) is 0 Å². The molecule has 0 saturated heterocycles. The van der Waals surface area contributed by atoms with Crippen LogP contribution in [0, 0.1) is 0 Å². The van der Waals surface area contributed by atoms with Gasteiger partial charge in [0.2, 0.25) is 5.91 Å². The summed E-state index contributed by atoms with van der Waals surface area (Å²) in [7, 11) is 3.92. The Morgan fingerprint density at radius 3 is 2.67 bits per heavy atom. The van der Waals surface area contributed by atoms with Crippen LogP contribution < -0.4 is 16.0 Å². The molecule has 0 aliphatic rings. The van der Waals surface area contributed by atoms with Crippen LogP contribution in [0.2, 0.25) is 0 Å². The van der Waals surface area contributed by atoms with Crippen molar-refractivity contribution in [3.8, 4) is 0 Å². The molecule has 1 amide bonds. The second-order valence-corrected chi connectivity index (χ2v) is 4.83. The van der Waals surface area contributed by atoms with E-state index in [-0.39, 0.29) is 11.9 Å². The summed E-state index contributed by atoms with van der Waals surface area (Å²) < 4.78 is 0. The highest BCUT2D eigenvalue weighted by molar-refractivity contribution is 5.94. The number of benzene rings is 1. The van der Waals surface area contributed by atoms with E-state index in [0.717, 1.165) is 24.2 Å². The number of amides is 1. The average molecular weight is 249 g/mol. The minimum absolute atomic E-state index is 0.0462. The quantitative estimate of drug-likeness (QED) is 0.812. The minimum Gasteiger partial charge on any atom is -0.376 e. The van der Waals surface area contributed by atoms with E-state index in [9.17, 15) is 4.79 Å². The molecule has 0 aliphatic carbocycles. The number of nitrogens with two attached hydrogens (primary N) is 1. The van der Waals surface area contributed by atoms with Crippen molar-refractivity contribution in [3.63, 3.8) is 0 Å². The van der Waals surface area contributed by atoms with Gasteiger partial charge in [-0.3, -0.25) is 4.79 Å². The van der Waals surface area contributed by atoms with Gasteiger partial charge in [0.25, 0.3) is 0 Å². The fourth-order valence-electron chi connectivity index (χ4n) is 1.77. The molecule has 1 aromatic carbocycles. The van der Waals surface area contributed by atoms with E-state index in [4.69, 9.17) is 5.73 Å². The number of hydrogen-bond acceptors (Lipinski definition) is 3. The Kier molecular flexibility index (Phi) is 5.65. The van der Waals surface area contributed by atoms with Crippen LogP contribution in [-0.4, -0.2) is 26.0 Å². The highest BCUT2D eigenvalue weighted by Crippen LogP contribution is 2.23. The first-order valence-corrected chi connectivity index (χ1v) is 6.32. The summed E-state index contributed by atoms with van der Waals surface area (Å²) in [6, 6.07) is 7.94. The van der Waals surface area contributed by atoms with E-state index < -0.39 is 0 Å². The molecule has 0 saturated carbocycles. The third kappa shape index (κ3) is 4.75. The lowest BCUT2D eigenvalue weighted by molar-refractivity contribution is -0.116. The summed E-state index contributed by atoms with van der Waals surface area (Å²) in [6.45, 7) is 1.96. The minimum atomic E-state index is 0.0462. The molecule has 0 bridgehead atoms. The molecule has 4 heteroatoms. The maximum atomic E-state index is 11.8. The van der Waals surface area contributed by atoms with E-state index in [0.29, 0.717) is 6.42 Å². The van der Waals surface area contributed by atoms with Crippen molar-refractivity contribution < 1.29 is 4.79 Å². The molecular formula is C14H23N3O. The van der Waals surface area contributed by atoms with E-state index >= 15 is 0 Å². The van der Waals surface area contributed by atoms with Gasteiger partial charge in [-0.1, -0.05) is 12.1 Å². The van der Waals surface area contributed by atoms with Crippen LogP contribution in [0.3, 0.4) is 0 Å². The summed E-state index contributed by atoms with van der Waals surface area (Å²) >= 11 is 0. The van der Waals surface area contributed by atoms with Gasteiger partial charge in [0.05, 0.1) is 11.4 Å². The molecule has 1 unspecified atom stereocenters. The monoisotopic (exact) mass is 249 g/mol. The van der Waals surface area contributed by atoms with E-state index in [1.165, 1.54) is 0 Å². The standard InChI is InChI=1S/C14H23N3O/c1-11(15)7-6-10-14(18)16-12-8-4-5-9-13(12)17(2)3/h4-5,8-9,11H,6-7,10,15H2,1-3H3,(H,16,18). The Balaban J connectivity index is 2.54. The Labute approximate surface area is 109 Å². The van der Waals surface area contributed by atoms with Gasteiger partial charge in [-0.2, -0.15) is 0 Å². The van der Waals surface area contributed by atoms with Crippen molar-refractivity contribution in [1.82, 2.24) is 0 Å². The maximum Gasteiger partial charge on any atom is 0.224 e. The fraction of sp³-hybridized carbons (Fsp3) is 0.500. The van der Waals surface area contributed by atoms with Crippen LogP contribution in [0.25, 0.3) is 0 Å². The molecule has 3 N–H and O–H groups in total. The molecule has 0 spiro atoms. The summed E-state index contributed by atoms with van der Waals surface area (Å²) in [5.74, 6) is 0.0462. The lowest BCUT2D eigenvalue weighted by Gasteiger charge is -2.17. The number of carbonyl (C=O) groups excluding carboxylic acids is 1. The van der Waals surface area contributed by atoms with Crippen molar-refractivity contribution in [2.45, 2.75) is 32.2 Å². The topological polar surface area (TPSA) is 58.4 Å². The van der Waals surface area contributed by atoms with E-state index in [1.807, 2.05) is 50.2 Å².